The van der Waals surface area contributed by atoms with Crippen molar-refractivity contribution >= 4 is 11.4 Å². The van der Waals surface area contributed by atoms with Gasteiger partial charge in [0, 0.05) is 13.1 Å². The van der Waals surface area contributed by atoms with Crippen molar-refractivity contribution in [3.05, 3.63) is 23.8 Å². The Morgan fingerprint density at radius 1 is 1.40 bits per heavy atom. The van der Waals surface area contributed by atoms with Crippen LogP contribution in [-0.4, -0.2) is 13.1 Å². The van der Waals surface area contributed by atoms with Crippen molar-refractivity contribution in [3.8, 4) is 0 Å². The summed E-state index contributed by atoms with van der Waals surface area (Å²) in [6.45, 7) is 6.49. The maximum absolute atomic E-state index is 6.05. The quantitative estimate of drug-likeness (QED) is 0.764. The monoisotopic (exact) mass is 204 g/mol. The molecule has 1 aliphatic rings. The summed E-state index contributed by atoms with van der Waals surface area (Å²) in [5.74, 6) is 0.908. The molecule has 2 heteroatoms. The van der Waals surface area contributed by atoms with Crippen LogP contribution in [0.5, 0.6) is 0 Å². The first kappa shape index (κ1) is 10.3. The Hall–Kier alpha value is -1.18. The van der Waals surface area contributed by atoms with Crippen LogP contribution in [0.3, 0.4) is 0 Å². The number of nitrogens with two attached hydrogens (primary N) is 1. The Labute approximate surface area is 92.1 Å². The highest BCUT2D eigenvalue weighted by molar-refractivity contribution is 5.68. The van der Waals surface area contributed by atoms with Crippen LogP contribution in [0.2, 0.25) is 0 Å². The number of hydrogen-bond donors (Lipinski definition) is 1. The van der Waals surface area contributed by atoms with E-state index in [2.05, 4.69) is 36.9 Å². The van der Waals surface area contributed by atoms with Crippen LogP contribution in [0.25, 0.3) is 0 Å². The van der Waals surface area contributed by atoms with Gasteiger partial charge in [0.1, 0.15) is 0 Å². The van der Waals surface area contributed by atoms with Crippen LogP contribution in [0, 0.1) is 12.8 Å². The smallest absolute Gasteiger partial charge is 0.0600 e. The Morgan fingerprint density at radius 3 is 2.67 bits per heavy atom. The van der Waals surface area contributed by atoms with E-state index in [0.29, 0.717) is 0 Å². The highest BCUT2D eigenvalue weighted by atomic mass is 15.1. The number of benzene rings is 1. The molecule has 2 rings (SSSR count). The molecule has 0 spiro atoms. The fourth-order valence-electron chi connectivity index (χ4n) is 1.97. The average molecular weight is 204 g/mol. The molecular formula is C13H20N2. The van der Waals surface area contributed by atoms with E-state index in [-0.39, 0.29) is 0 Å². The maximum Gasteiger partial charge on any atom is 0.0600 e. The van der Waals surface area contributed by atoms with Crippen molar-refractivity contribution in [2.75, 3.05) is 23.7 Å². The van der Waals surface area contributed by atoms with Gasteiger partial charge in [0.2, 0.25) is 0 Å². The summed E-state index contributed by atoms with van der Waals surface area (Å²) in [6, 6.07) is 6.35. The van der Waals surface area contributed by atoms with E-state index in [1.807, 2.05) is 0 Å². The zero-order valence-corrected chi connectivity index (χ0v) is 9.66. The van der Waals surface area contributed by atoms with E-state index >= 15 is 0 Å². The Bertz CT molecular complexity index is 342. The van der Waals surface area contributed by atoms with Crippen LogP contribution in [-0.2, 0) is 0 Å². The summed E-state index contributed by atoms with van der Waals surface area (Å²) < 4.78 is 0. The van der Waals surface area contributed by atoms with Gasteiger partial charge >= 0.3 is 0 Å². The zero-order valence-electron chi connectivity index (χ0n) is 9.66. The standard InChI is InChI=1S/C13H20N2/c1-3-15(9-11-5-6-11)13-7-4-10(2)8-12(13)14/h4,7-8,11H,3,5-6,9,14H2,1-2H3. The fraction of sp³-hybridized carbons (Fsp3) is 0.538. The summed E-state index contributed by atoms with van der Waals surface area (Å²) in [7, 11) is 0. The first-order valence-corrected chi connectivity index (χ1v) is 5.81. The SMILES string of the molecule is CCN(CC1CC1)c1ccc(C)cc1N. The van der Waals surface area contributed by atoms with Crippen molar-refractivity contribution in [2.45, 2.75) is 26.7 Å². The third kappa shape index (κ3) is 2.44. The maximum atomic E-state index is 6.05. The lowest BCUT2D eigenvalue weighted by Crippen LogP contribution is -2.26. The molecule has 0 atom stereocenters. The normalized spacial score (nSPS) is 15.3. The molecule has 0 radical (unpaired) electrons. The van der Waals surface area contributed by atoms with Crippen LogP contribution in [0.4, 0.5) is 11.4 Å². The first-order valence-electron chi connectivity index (χ1n) is 5.81. The van der Waals surface area contributed by atoms with Crippen LogP contribution in [0.15, 0.2) is 18.2 Å². The molecule has 0 bridgehead atoms. The van der Waals surface area contributed by atoms with E-state index in [0.717, 1.165) is 18.2 Å². The third-order valence-corrected chi connectivity index (χ3v) is 3.08. The molecule has 0 heterocycles. The van der Waals surface area contributed by atoms with Crippen molar-refractivity contribution < 1.29 is 0 Å². The molecule has 82 valence electrons. The molecule has 2 nitrogen and oxygen atoms in total. The second-order valence-corrected chi connectivity index (χ2v) is 4.54. The Kier molecular flexibility index (Phi) is 2.85. The van der Waals surface area contributed by atoms with E-state index in [1.165, 1.54) is 30.6 Å². The minimum Gasteiger partial charge on any atom is -0.397 e. The van der Waals surface area contributed by atoms with E-state index in [4.69, 9.17) is 5.73 Å². The Balaban J connectivity index is 2.16. The van der Waals surface area contributed by atoms with Crippen LogP contribution < -0.4 is 10.6 Å². The fourth-order valence-corrected chi connectivity index (χ4v) is 1.97. The minimum absolute atomic E-state index is 0.908. The van der Waals surface area contributed by atoms with Gasteiger partial charge < -0.3 is 10.6 Å². The molecule has 0 unspecified atom stereocenters. The number of rotatable bonds is 4. The second-order valence-electron chi connectivity index (χ2n) is 4.54. The van der Waals surface area contributed by atoms with Gasteiger partial charge in [0.15, 0.2) is 0 Å². The lowest BCUT2D eigenvalue weighted by atomic mass is 10.1. The first-order chi connectivity index (χ1) is 7.20. The molecule has 0 aliphatic heterocycles. The average Bonchev–Trinajstić information content (AvgIpc) is 2.99. The van der Waals surface area contributed by atoms with Gasteiger partial charge in [-0.2, -0.15) is 0 Å². The molecule has 15 heavy (non-hydrogen) atoms. The number of aryl methyl sites for hydroxylation is 1. The molecule has 0 aromatic heterocycles. The van der Waals surface area contributed by atoms with Gasteiger partial charge in [-0.15, -0.1) is 0 Å². The van der Waals surface area contributed by atoms with Crippen molar-refractivity contribution in [2.24, 2.45) is 5.92 Å². The highest BCUT2D eigenvalue weighted by Crippen LogP contribution is 2.33. The number of anilines is 2. The van der Waals surface area contributed by atoms with E-state index in [1.54, 1.807) is 0 Å². The van der Waals surface area contributed by atoms with Crippen LogP contribution in [0.1, 0.15) is 25.3 Å². The van der Waals surface area contributed by atoms with E-state index in [9.17, 15) is 0 Å². The topological polar surface area (TPSA) is 29.3 Å². The van der Waals surface area contributed by atoms with Gasteiger partial charge in [0.25, 0.3) is 0 Å². The molecule has 1 fully saturated rings. The summed E-state index contributed by atoms with van der Waals surface area (Å²) >= 11 is 0. The molecule has 2 N–H and O–H groups in total. The molecule has 1 saturated carbocycles. The Morgan fingerprint density at radius 2 is 2.13 bits per heavy atom. The van der Waals surface area contributed by atoms with Crippen molar-refractivity contribution in [1.82, 2.24) is 0 Å². The third-order valence-electron chi connectivity index (χ3n) is 3.08. The van der Waals surface area contributed by atoms with Crippen molar-refractivity contribution in [1.29, 1.82) is 0 Å². The molecule has 1 aromatic rings. The molecule has 0 saturated heterocycles. The summed E-state index contributed by atoms with van der Waals surface area (Å²) in [5, 5.41) is 0. The van der Waals surface area contributed by atoms with Gasteiger partial charge in [-0.1, -0.05) is 6.07 Å². The number of hydrogen-bond acceptors (Lipinski definition) is 2. The van der Waals surface area contributed by atoms with Crippen LogP contribution >= 0.6 is 0 Å². The lowest BCUT2D eigenvalue weighted by molar-refractivity contribution is 0.743. The second kappa shape index (κ2) is 4.13. The predicted octanol–water partition coefficient (Wildman–Crippen LogP) is 2.81. The molecule has 1 aromatic carbocycles. The molecular weight excluding hydrogens is 184 g/mol. The summed E-state index contributed by atoms with van der Waals surface area (Å²) in [6.07, 6.45) is 2.78. The highest BCUT2D eigenvalue weighted by Gasteiger charge is 2.24. The number of nitrogens with zero attached hydrogens (tertiary/aromatic N) is 1. The number of nitrogen functional groups attached to an aromatic ring is 1. The molecule has 1 aliphatic carbocycles. The van der Waals surface area contributed by atoms with E-state index < -0.39 is 0 Å². The van der Waals surface area contributed by atoms with Gasteiger partial charge in [-0.3, -0.25) is 0 Å². The predicted molar refractivity (Wildman–Crippen MR) is 66.2 cm³/mol. The summed E-state index contributed by atoms with van der Waals surface area (Å²) in [4.78, 5) is 2.40. The van der Waals surface area contributed by atoms with Crippen molar-refractivity contribution in [3.63, 3.8) is 0 Å². The van der Waals surface area contributed by atoms with Gasteiger partial charge in [-0.25, -0.2) is 0 Å². The largest absolute Gasteiger partial charge is 0.397 e. The van der Waals surface area contributed by atoms with Gasteiger partial charge in [-0.05, 0) is 50.3 Å². The minimum atomic E-state index is 0.908. The zero-order chi connectivity index (χ0) is 10.8. The molecule has 0 amide bonds. The lowest BCUT2D eigenvalue weighted by Gasteiger charge is -2.24. The van der Waals surface area contributed by atoms with Gasteiger partial charge in [0.05, 0.1) is 11.4 Å². The summed E-state index contributed by atoms with van der Waals surface area (Å²) in [5.41, 5.74) is 9.41.